The maximum atomic E-state index is 10.4. The Morgan fingerprint density at radius 3 is 1.00 bits per heavy atom. The molecular formula is C6Na2O6. The average molecular weight is 214 g/mol. The maximum Gasteiger partial charge on any atom is 1.00 e. The summed E-state index contributed by atoms with van der Waals surface area (Å²) in [7, 11) is 0. The SMILES string of the molecule is O=c1c([O-])c([O-])c(=O)c(=O)c1=O.[Na+].[Na+]. The Morgan fingerprint density at radius 2 is 0.786 bits per heavy atom. The molecule has 0 fully saturated rings. The Morgan fingerprint density at radius 1 is 0.571 bits per heavy atom. The van der Waals surface area contributed by atoms with E-state index in [9.17, 15) is 29.4 Å². The minimum Gasteiger partial charge on any atom is -0.870 e. The van der Waals surface area contributed by atoms with Gasteiger partial charge in [0.1, 0.15) is 0 Å². The molecule has 0 aromatic heterocycles. The normalized spacial score (nSPS) is 8.57. The monoisotopic (exact) mass is 214 g/mol. The summed E-state index contributed by atoms with van der Waals surface area (Å²) in [6, 6.07) is 0. The van der Waals surface area contributed by atoms with Crippen LogP contribution in [0.4, 0.5) is 0 Å². The second-order valence-corrected chi connectivity index (χ2v) is 1.97. The molecular weight excluding hydrogens is 214 g/mol. The van der Waals surface area contributed by atoms with Crippen LogP contribution in [-0.2, 0) is 0 Å². The van der Waals surface area contributed by atoms with Crippen molar-refractivity contribution >= 4 is 0 Å². The molecule has 1 aromatic rings. The van der Waals surface area contributed by atoms with Crippen molar-refractivity contribution in [1.82, 2.24) is 0 Å². The second-order valence-electron chi connectivity index (χ2n) is 1.97. The van der Waals surface area contributed by atoms with E-state index < -0.39 is 33.2 Å². The van der Waals surface area contributed by atoms with Crippen molar-refractivity contribution in [2.75, 3.05) is 0 Å². The summed E-state index contributed by atoms with van der Waals surface area (Å²) in [6.07, 6.45) is 0. The van der Waals surface area contributed by atoms with Crippen molar-refractivity contribution in [1.29, 1.82) is 0 Å². The number of benzene rings is 1. The predicted octanol–water partition coefficient (Wildman–Crippen LogP) is -9.84. The van der Waals surface area contributed by atoms with Crippen molar-refractivity contribution in [3.63, 3.8) is 0 Å². The Bertz CT molecular complexity index is 478. The fourth-order valence-electron chi connectivity index (χ4n) is 0.619. The van der Waals surface area contributed by atoms with E-state index in [-0.39, 0.29) is 59.1 Å². The largest absolute Gasteiger partial charge is 1.00 e. The van der Waals surface area contributed by atoms with Crippen LogP contribution in [0.5, 0.6) is 11.5 Å². The van der Waals surface area contributed by atoms with E-state index >= 15 is 0 Å². The maximum absolute atomic E-state index is 10.4. The van der Waals surface area contributed by atoms with Gasteiger partial charge in [-0.25, -0.2) is 0 Å². The summed E-state index contributed by atoms with van der Waals surface area (Å²) in [5.41, 5.74) is -6.93. The molecule has 0 aliphatic carbocycles. The molecule has 0 radical (unpaired) electrons. The van der Waals surface area contributed by atoms with Gasteiger partial charge in [-0.15, -0.1) is 0 Å². The smallest absolute Gasteiger partial charge is 0.870 e. The van der Waals surface area contributed by atoms with E-state index in [0.29, 0.717) is 0 Å². The predicted molar refractivity (Wildman–Crippen MR) is 32.8 cm³/mol. The molecule has 1 rings (SSSR count). The van der Waals surface area contributed by atoms with Gasteiger partial charge in [-0.1, -0.05) is 11.5 Å². The van der Waals surface area contributed by atoms with Crippen LogP contribution in [0.1, 0.15) is 0 Å². The van der Waals surface area contributed by atoms with Gasteiger partial charge < -0.3 is 10.2 Å². The molecule has 0 N–H and O–H groups in total. The second kappa shape index (κ2) is 5.79. The van der Waals surface area contributed by atoms with E-state index in [2.05, 4.69) is 0 Å². The molecule has 62 valence electrons. The van der Waals surface area contributed by atoms with E-state index in [0.717, 1.165) is 0 Å². The van der Waals surface area contributed by atoms with Gasteiger partial charge in [0.2, 0.25) is 10.9 Å². The van der Waals surface area contributed by atoms with E-state index in [1.54, 1.807) is 0 Å². The Kier molecular flexibility index (Phi) is 6.81. The summed E-state index contributed by atoms with van der Waals surface area (Å²) in [6.45, 7) is 0. The Labute approximate surface area is 120 Å². The van der Waals surface area contributed by atoms with Crippen LogP contribution < -0.4 is 91.0 Å². The van der Waals surface area contributed by atoms with Gasteiger partial charge >= 0.3 is 59.1 Å². The van der Waals surface area contributed by atoms with Crippen molar-refractivity contribution in [3.8, 4) is 11.5 Å². The average Bonchev–Trinajstić information content (AvgIpc) is 2.08. The molecule has 0 bridgehead atoms. The van der Waals surface area contributed by atoms with Gasteiger partial charge in [0, 0.05) is 0 Å². The molecule has 0 aliphatic rings. The van der Waals surface area contributed by atoms with Crippen molar-refractivity contribution in [3.05, 3.63) is 40.9 Å². The third-order valence-electron chi connectivity index (χ3n) is 1.24. The van der Waals surface area contributed by atoms with Crippen LogP contribution in [0, 0.1) is 0 Å². The summed E-state index contributed by atoms with van der Waals surface area (Å²) < 4.78 is 0. The third-order valence-corrected chi connectivity index (χ3v) is 1.24. The van der Waals surface area contributed by atoms with Crippen molar-refractivity contribution in [2.45, 2.75) is 0 Å². The molecule has 0 unspecified atom stereocenters. The third kappa shape index (κ3) is 2.53. The zero-order chi connectivity index (χ0) is 9.46. The molecule has 1 aromatic carbocycles. The summed E-state index contributed by atoms with van der Waals surface area (Å²) in [5, 5.41) is 20.8. The fraction of sp³-hybridized carbons (Fsp3) is 0. The summed E-state index contributed by atoms with van der Waals surface area (Å²) in [5.74, 6) is -3.46. The van der Waals surface area contributed by atoms with Crippen molar-refractivity contribution < 1.29 is 69.3 Å². The molecule has 0 aliphatic heterocycles. The molecule has 0 saturated heterocycles. The molecule has 0 heterocycles. The van der Waals surface area contributed by atoms with Gasteiger partial charge in [0.25, 0.3) is 10.9 Å². The zero-order valence-electron chi connectivity index (χ0n) is 7.45. The topological polar surface area (TPSA) is 114 Å². The van der Waals surface area contributed by atoms with Gasteiger partial charge in [-0.2, -0.15) is 0 Å². The molecule has 0 atom stereocenters. The zero-order valence-corrected chi connectivity index (χ0v) is 11.4. The van der Waals surface area contributed by atoms with Crippen LogP contribution in [-0.4, -0.2) is 0 Å². The van der Waals surface area contributed by atoms with E-state index in [4.69, 9.17) is 0 Å². The number of hydrogen-bond acceptors (Lipinski definition) is 6. The Hall–Kier alpha value is 0.0200. The molecule has 0 saturated carbocycles. The van der Waals surface area contributed by atoms with Gasteiger partial charge in [0.05, 0.1) is 0 Å². The van der Waals surface area contributed by atoms with Crippen LogP contribution in [0.3, 0.4) is 0 Å². The first kappa shape index (κ1) is 16.4. The molecule has 6 nitrogen and oxygen atoms in total. The first-order chi connectivity index (χ1) is 5.46. The van der Waals surface area contributed by atoms with Gasteiger partial charge in [0.15, 0.2) is 0 Å². The first-order valence-electron chi connectivity index (χ1n) is 2.72. The first-order valence-corrected chi connectivity index (χ1v) is 2.72. The van der Waals surface area contributed by atoms with Crippen LogP contribution in [0.2, 0.25) is 0 Å². The standard InChI is InChI=1S/C6H2O6.2Na/c7-1-2(8)4(10)6(12)5(11)3(1)9;;/h7-8H;;/q;2*+1/p-2. The fourth-order valence-corrected chi connectivity index (χ4v) is 0.619. The Balaban J connectivity index is 0. The number of hydrogen-bond donors (Lipinski definition) is 0. The quantitative estimate of drug-likeness (QED) is 0.313. The minimum absolute atomic E-state index is 0. The summed E-state index contributed by atoms with van der Waals surface area (Å²) in [4.78, 5) is 41.6. The molecule has 0 amide bonds. The molecule has 0 spiro atoms. The summed E-state index contributed by atoms with van der Waals surface area (Å²) >= 11 is 0. The molecule has 14 heavy (non-hydrogen) atoms. The van der Waals surface area contributed by atoms with Gasteiger partial charge in [-0.05, 0) is 0 Å². The van der Waals surface area contributed by atoms with Crippen molar-refractivity contribution in [2.24, 2.45) is 0 Å². The number of rotatable bonds is 0. The van der Waals surface area contributed by atoms with Crippen LogP contribution in [0.25, 0.3) is 0 Å². The van der Waals surface area contributed by atoms with Crippen LogP contribution in [0.15, 0.2) is 19.2 Å². The molecule has 8 heteroatoms. The van der Waals surface area contributed by atoms with E-state index in [1.807, 2.05) is 0 Å². The van der Waals surface area contributed by atoms with Crippen LogP contribution >= 0.6 is 0 Å². The van der Waals surface area contributed by atoms with Gasteiger partial charge in [-0.3, -0.25) is 19.2 Å². The minimum atomic E-state index is -1.73. The van der Waals surface area contributed by atoms with E-state index in [1.165, 1.54) is 0 Å².